The van der Waals surface area contributed by atoms with Crippen LogP contribution < -0.4 is 5.32 Å². The lowest BCUT2D eigenvalue weighted by Gasteiger charge is -2.12. The van der Waals surface area contributed by atoms with Crippen LogP contribution in [0, 0.1) is 11.3 Å². The SMILES string of the molecule is CSc1cccc(Nc2ccc(C(C)C)cc2)c1C#N. The van der Waals surface area contributed by atoms with E-state index in [2.05, 4.69) is 49.5 Å². The highest BCUT2D eigenvalue weighted by atomic mass is 32.2. The van der Waals surface area contributed by atoms with Crippen molar-refractivity contribution in [3.05, 3.63) is 53.6 Å². The van der Waals surface area contributed by atoms with Crippen molar-refractivity contribution in [3.8, 4) is 6.07 Å². The predicted octanol–water partition coefficient (Wildman–Crippen LogP) is 5.15. The Morgan fingerprint density at radius 3 is 2.35 bits per heavy atom. The summed E-state index contributed by atoms with van der Waals surface area (Å²) in [5.74, 6) is 0.526. The maximum Gasteiger partial charge on any atom is 0.103 e. The molecule has 0 atom stereocenters. The number of benzene rings is 2. The molecule has 0 saturated carbocycles. The molecule has 0 radical (unpaired) electrons. The maximum absolute atomic E-state index is 9.32. The van der Waals surface area contributed by atoms with Crippen LogP contribution in [0.2, 0.25) is 0 Å². The lowest BCUT2D eigenvalue weighted by molar-refractivity contribution is 0.867. The molecule has 102 valence electrons. The summed E-state index contributed by atoms with van der Waals surface area (Å²) in [6.45, 7) is 4.36. The summed E-state index contributed by atoms with van der Waals surface area (Å²) in [5, 5.41) is 12.7. The van der Waals surface area contributed by atoms with Crippen LogP contribution in [0.3, 0.4) is 0 Å². The minimum absolute atomic E-state index is 0.526. The summed E-state index contributed by atoms with van der Waals surface area (Å²) in [7, 11) is 0. The highest BCUT2D eigenvalue weighted by Crippen LogP contribution is 2.29. The van der Waals surface area contributed by atoms with E-state index in [-0.39, 0.29) is 0 Å². The van der Waals surface area contributed by atoms with Crippen LogP contribution in [0.25, 0.3) is 0 Å². The van der Waals surface area contributed by atoms with Gasteiger partial charge in [0.25, 0.3) is 0 Å². The summed E-state index contributed by atoms with van der Waals surface area (Å²) in [5.41, 5.74) is 3.88. The summed E-state index contributed by atoms with van der Waals surface area (Å²) < 4.78 is 0. The molecule has 2 aromatic rings. The first kappa shape index (κ1) is 14.5. The summed E-state index contributed by atoms with van der Waals surface area (Å²) in [4.78, 5) is 0.997. The Kier molecular flexibility index (Phi) is 4.70. The van der Waals surface area contributed by atoms with Gasteiger partial charge in [-0.1, -0.05) is 32.0 Å². The van der Waals surface area contributed by atoms with Crippen molar-refractivity contribution < 1.29 is 0 Å². The summed E-state index contributed by atoms with van der Waals surface area (Å²) >= 11 is 1.59. The summed E-state index contributed by atoms with van der Waals surface area (Å²) in [6.07, 6.45) is 1.98. The zero-order chi connectivity index (χ0) is 14.5. The maximum atomic E-state index is 9.32. The van der Waals surface area contributed by atoms with Crippen molar-refractivity contribution >= 4 is 23.1 Å². The molecule has 0 bridgehead atoms. The molecule has 0 amide bonds. The second kappa shape index (κ2) is 6.49. The first-order valence-electron chi connectivity index (χ1n) is 6.59. The predicted molar refractivity (Wildman–Crippen MR) is 86.8 cm³/mol. The molecule has 0 unspecified atom stereocenters. The highest BCUT2D eigenvalue weighted by Gasteiger charge is 2.07. The molecular weight excluding hydrogens is 264 g/mol. The molecule has 0 saturated heterocycles. The van der Waals surface area contributed by atoms with Gasteiger partial charge in [-0.2, -0.15) is 5.26 Å². The van der Waals surface area contributed by atoms with Crippen LogP contribution >= 0.6 is 11.8 Å². The Balaban J connectivity index is 2.28. The summed E-state index contributed by atoms with van der Waals surface area (Å²) in [6, 6.07) is 16.5. The van der Waals surface area contributed by atoms with E-state index in [0.29, 0.717) is 11.5 Å². The molecule has 2 aromatic carbocycles. The van der Waals surface area contributed by atoms with Crippen LogP contribution in [0.1, 0.15) is 30.9 Å². The number of nitrogens with zero attached hydrogens (tertiary/aromatic N) is 1. The number of nitrogens with one attached hydrogen (secondary N) is 1. The Morgan fingerprint density at radius 2 is 1.80 bits per heavy atom. The fourth-order valence-corrected chi connectivity index (χ4v) is 2.60. The quantitative estimate of drug-likeness (QED) is 0.788. The first-order valence-corrected chi connectivity index (χ1v) is 7.82. The normalized spacial score (nSPS) is 10.3. The Labute approximate surface area is 124 Å². The van der Waals surface area contributed by atoms with Gasteiger partial charge in [-0.25, -0.2) is 0 Å². The van der Waals surface area contributed by atoms with Gasteiger partial charge >= 0.3 is 0 Å². The molecule has 0 heterocycles. The fourth-order valence-electron chi connectivity index (χ4n) is 2.03. The standard InChI is InChI=1S/C17H18N2S/c1-12(2)13-7-9-14(10-8-13)19-16-5-4-6-17(20-3)15(16)11-18/h4-10,12,19H,1-3H3. The topological polar surface area (TPSA) is 35.8 Å². The van der Waals surface area contributed by atoms with Crippen LogP contribution in [-0.4, -0.2) is 6.26 Å². The van der Waals surface area contributed by atoms with Crippen molar-refractivity contribution in [1.29, 1.82) is 5.26 Å². The van der Waals surface area contributed by atoms with Gasteiger partial charge in [-0.05, 0) is 42.0 Å². The minimum atomic E-state index is 0.526. The van der Waals surface area contributed by atoms with E-state index in [4.69, 9.17) is 0 Å². The van der Waals surface area contributed by atoms with Gasteiger partial charge in [0.15, 0.2) is 0 Å². The molecule has 0 aliphatic rings. The second-order valence-electron chi connectivity index (χ2n) is 4.90. The van der Waals surface area contributed by atoms with Gasteiger partial charge in [-0.15, -0.1) is 11.8 Å². The number of hydrogen-bond donors (Lipinski definition) is 1. The van der Waals surface area contributed by atoms with Crippen molar-refractivity contribution in [2.24, 2.45) is 0 Å². The zero-order valence-corrected chi connectivity index (χ0v) is 12.8. The zero-order valence-electron chi connectivity index (χ0n) is 12.0. The second-order valence-corrected chi connectivity index (χ2v) is 5.74. The van der Waals surface area contributed by atoms with E-state index in [9.17, 15) is 5.26 Å². The number of nitriles is 1. The van der Waals surface area contributed by atoms with Crippen LogP contribution in [-0.2, 0) is 0 Å². The molecule has 2 nitrogen and oxygen atoms in total. The monoisotopic (exact) mass is 282 g/mol. The third-order valence-electron chi connectivity index (χ3n) is 3.21. The van der Waals surface area contributed by atoms with Gasteiger partial charge < -0.3 is 5.32 Å². The third-order valence-corrected chi connectivity index (χ3v) is 3.99. The lowest BCUT2D eigenvalue weighted by Crippen LogP contribution is -1.95. The van der Waals surface area contributed by atoms with E-state index in [0.717, 1.165) is 16.3 Å². The Morgan fingerprint density at radius 1 is 1.10 bits per heavy atom. The smallest absolute Gasteiger partial charge is 0.103 e. The molecule has 0 fully saturated rings. The van der Waals surface area contributed by atoms with Crippen molar-refractivity contribution in [1.82, 2.24) is 0 Å². The van der Waals surface area contributed by atoms with Gasteiger partial charge in [-0.3, -0.25) is 0 Å². The van der Waals surface area contributed by atoms with Crippen LogP contribution in [0.4, 0.5) is 11.4 Å². The Bertz CT molecular complexity index is 624. The fraction of sp³-hybridized carbons (Fsp3) is 0.235. The van der Waals surface area contributed by atoms with E-state index in [1.807, 2.05) is 24.5 Å². The molecular formula is C17H18N2S. The van der Waals surface area contributed by atoms with Crippen molar-refractivity contribution in [2.75, 3.05) is 11.6 Å². The lowest BCUT2D eigenvalue weighted by atomic mass is 10.0. The van der Waals surface area contributed by atoms with E-state index < -0.39 is 0 Å². The van der Waals surface area contributed by atoms with Crippen LogP contribution in [0.5, 0.6) is 0 Å². The third kappa shape index (κ3) is 3.15. The number of rotatable bonds is 4. The van der Waals surface area contributed by atoms with Crippen molar-refractivity contribution in [2.45, 2.75) is 24.7 Å². The van der Waals surface area contributed by atoms with E-state index >= 15 is 0 Å². The first-order chi connectivity index (χ1) is 9.65. The average Bonchev–Trinajstić information content (AvgIpc) is 2.47. The number of hydrogen-bond acceptors (Lipinski definition) is 3. The van der Waals surface area contributed by atoms with Crippen LogP contribution in [0.15, 0.2) is 47.4 Å². The number of anilines is 2. The van der Waals surface area contributed by atoms with Gasteiger partial charge in [0, 0.05) is 10.6 Å². The molecule has 0 aliphatic heterocycles. The molecule has 1 N–H and O–H groups in total. The number of thioether (sulfide) groups is 1. The van der Waals surface area contributed by atoms with Crippen molar-refractivity contribution in [3.63, 3.8) is 0 Å². The molecule has 20 heavy (non-hydrogen) atoms. The van der Waals surface area contributed by atoms with E-state index in [1.54, 1.807) is 11.8 Å². The minimum Gasteiger partial charge on any atom is -0.354 e. The molecule has 0 aliphatic carbocycles. The van der Waals surface area contributed by atoms with Gasteiger partial charge in [0.2, 0.25) is 0 Å². The van der Waals surface area contributed by atoms with Gasteiger partial charge in [0.1, 0.15) is 6.07 Å². The molecule has 2 rings (SSSR count). The van der Waals surface area contributed by atoms with Gasteiger partial charge in [0.05, 0.1) is 11.3 Å². The molecule has 3 heteroatoms. The average molecular weight is 282 g/mol. The molecule has 0 spiro atoms. The highest BCUT2D eigenvalue weighted by molar-refractivity contribution is 7.98. The molecule has 0 aromatic heterocycles. The van der Waals surface area contributed by atoms with E-state index in [1.165, 1.54) is 5.56 Å². The largest absolute Gasteiger partial charge is 0.354 e. The Hall–Kier alpha value is -1.92.